The number of methoxy groups -OCH3 is 1. The third-order valence-corrected chi connectivity index (χ3v) is 3.27. The van der Waals surface area contributed by atoms with Gasteiger partial charge < -0.3 is 14.8 Å². The summed E-state index contributed by atoms with van der Waals surface area (Å²) in [5.74, 6) is -0.412. The van der Waals surface area contributed by atoms with Gasteiger partial charge in [-0.3, -0.25) is 4.79 Å². The first-order chi connectivity index (χ1) is 11.0. The Balaban J connectivity index is 2.01. The Morgan fingerprint density at radius 3 is 2.52 bits per heavy atom. The van der Waals surface area contributed by atoms with Crippen molar-refractivity contribution in [3.8, 4) is 5.75 Å². The van der Waals surface area contributed by atoms with Gasteiger partial charge in [0.2, 0.25) is 0 Å². The van der Waals surface area contributed by atoms with Crippen LogP contribution in [0.1, 0.15) is 22.8 Å². The zero-order valence-electron chi connectivity index (χ0n) is 13.3. The molecule has 5 nitrogen and oxygen atoms in total. The average molecular weight is 313 g/mol. The van der Waals surface area contributed by atoms with E-state index in [1.165, 1.54) is 14.0 Å². The fraction of sp³-hybridized carbons (Fsp3) is 0.222. The van der Waals surface area contributed by atoms with Gasteiger partial charge in [-0.05, 0) is 38.1 Å². The fourth-order valence-corrected chi connectivity index (χ4v) is 2.04. The van der Waals surface area contributed by atoms with Crippen LogP contribution >= 0.6 is 0 Å². The van der Waals surface area contributed by atoms with Crippen molar-refractivity contribution in [3.05, 3.63) is 59.7 Å². The number of anilines is 1. The van der Waals surface area contributed by atoms with Crippen molar-refractivity contribution in [1.82, 2.24) is 0 Å². The molecule has 0 saturated heterocycles. The van der Waals surface area contributed by atoms with Crippen LogP contribution in [0, 0.1) is 6.92 Å². The van der Waals surface area contributed by atoms with Crippen molar-refractivity contribution in [3.63, 3.8) is 0 Å². The Hall–Kier alpha value is -2.82. The zero-order chi connectivity index (χ0) is 16.8. The first-order valence-corrected chi connectivity index (χ1v) is 7.23. The lowest BCUT2D eigenvalue weighted by Gasteiger charge is -2.15. The highest BCUT2D eigenvalue weighted by atomic mass is 16.5. The Kier molecular flexibility index (Phi) is 5.36. The van der Waals surface area contributed by atoms with E-state index in [1.807, 2.05) is 13.0 Å². The Morgan fingerprint density at radius 2 is 1.83 bits per heavy atom. The molecule has 0 saturated carbocycles. The van der Waals surface area contributed by atoms with Crippen molar-refractivity contribution < 1.29 is 19.1 Å². The number of amides is 1. The van der Waals surface area contributed by atoms with Crippen molar-refractivity contribution in [2.24, 2.45) is 0 Å². The Morgan fingerprint density at radius 1 is 1.09 bits per heavy atom. The molecule has 0 spiro atoms. The summed E-state index contributed by atoms with van der Waals surface area (Å²) in [6.45, 7) is 3.41. The first kappa shape index (κ1) is 16.5. The monoisotopic (exact) mass is 313 g/mol. The summed E-state index contributed by atoms with van der Waals surface area (Å²) in [4.78, 5) is 24.2. The molecule has 0 unspecified atom stereocenters. The van der Waals surface area contributed by atoms with E-state index in [2.05, 4.69) is 5.32 Å². The van der Waals surface area contributed by atoms with Gasteiger partial charge in [-0.15, -0.1) is 0 Å². The van der Waals surface area contributed by atoms with Crippen molar-refractivity contribution >= 4 is 17.6 Å². The number of benzene rings is 2. The van der Waals surface area contributed by atoms with Crippen LogP contribution in [0.2, 0.25) is 0 Å². The smallest absolute Gasteiger partial charge is 0.338 e. The Labute approximate surface area is 135 Å². The minimum atomic E-state index is -0.923. The molecular formula is C18H19NO4. The molecular weight excluding hydrogens is 294 g/mol. The maximum Gasteiger partial charge on any atom is 0.338 e. The summed E-state index contributed by atoms with van der Waals surface area (Å²) in [5, 5.41) is 2.69. The van der Waals surface area contributed by atoms with Gasteiger partial charge in [0.25, 0.3) is 5.91 Å². The van der Waals surface area contributed by atoms with E-state index in [9.17, 15) is 9.59 Å². The summed E-state index contributed by atoms with van der Waals surface area (Å²) < 4.78 is 10.4. The van der Waals surface area contributed by atoms with Crippen LogP contribution < -0.4 is 10.1 Å². The molecule has 2 aromatic carbocycles. The third-order valence-electron chi connectivity index (χ3n) is 3.27. The van der Waals surface area contributed by atoms with Crippen LogP contribution in [0.15, 0.2) is 48.5 Å². The van der Waals surface area contributed by atoms with Crippen LogP contribution in [0.25, 0.3) is 0 Å². The maximum atomic E-state index is 12.2. The zero-order valence-corrected chi connectivity index (χ0v) is 13.3. The largest absolute Gasteiger partial charge is 0.495 e. The van der Waals surface area contributed by atoms with Crippen molar-refractivity contribution in [2.75, 3.05) is 12.4 Å². The van der Waals surface area contributed by atoms with Crippen LogP contribution in [-0.2, 0) is 9.53 Å². The van der Waals surface area contributed by atoms with Gasteiger partial charge in [0.15, 0.2) is 6.10 Å². The van der Waals surface area contributed by atoms with E-state index >= 15 is 0 Å². The fourth-order valence-electron chi connectivity index (χ4n) is 2.04. The molecule has 5 heteroatoms. The predicted octanol–water partition coefficient (Wildman–Crippen LogP) is 3.19. The van der Waals surface area contributed by atoms with Gasteiger partial charge >= 0.3 is 5.97 Å². The molecule has 0 heterocycles. The number of aryl methyl sites for hydroxylation is 1. The summed E-state index contributed by atoms with van der Waals surface area (Å²) in [5.41, 5.74) is 1.89. The summed E-state index contributed by atoms with van der Waals surface area (Å²) in [6.07, 6.45) is -0.923. The number of carbonyl (C=O) groups excluding carboxylic acids is 2. The van der Waals surface area contributed by atoms with Crippen molar-refractivity contribution in [1.29, 1.82) is 0 Å². The standard InChI is InChI=1S/C18H19NO4/c1-12-7-6-8-14(11-12)18(21)23-13(2)17(20)19-15-9-4-5-10-16(15)22-3/h4-11,13H,1-3H3,(H,19,20)/t13-/m0/s1. The minimum Gasteiger partial charge on any atom is -0.495 e. The van der Waals surface area contributed by atoms with Crippen molar-refractivity contribution in [2.45, 2.75) is 20.0 Å². The number of hydrogen-bond donors (Lipinski definition) is 1. The van der Waals surface area contributed by atoms with Crippen LogP contribution in [0.5, 0.6) is 5.75 Å². The lowest BCUT2D eigenvalue weighted by molar-refractivity contribution is -0.123. The van der Waals surface area contributed by atoms with Crippen LogP contribution in [-0.4, -0.2) is 25.1 Å². The highest BCUT2D eigenvalue weighted by Gasteiger charge is 2.20. The van der Waals surface area contributed by atoms with E-state index in [1.54, 1.807) is 42.5 Å². The number of hydrogen-bond acceptors (Lipinski definition) is 4. The quantitative estimate of drug-likeness (QED) is 0.861. The average Bonchev–Trinajstić information content (AvgIpc) is 2.55. The Bertz CT molecular complexity index is 712. The molecule has 23 heavy (non-hydrogen) atoms. The van der Waals surface area contributed by atoms with Gasteiger partial charge in [0, 0.05) is 0 Å². The number of esters is 1. The van der Waals surface area contributed by atoms with E-state index in [-0.39, 0.29) is 0 Å². The molecule has 0 fully saturated rings. The molecule has 2 aromatic rings. The lowest BCUT2D eigenvalue weighted by atomic mass is 10.1. The van der Waals surface area contributed by atoms with Gasteiger partial charge in [0.05, 0.1) is 18.4 Å². The van der Waals surface area contributed by atoms with E-state index in [0.717, 1.165) is 5.56 Å². The topological polar surface area (TPSA) is 64.6 Å². The number of ether oxygens (including phenoxy) is 2. The number of nitrogens with one attached hydrogen (secondary N) is 1. The SMILES string of the molecule is COc1ccccc1NC(=O)[C@H](C)OC(=O)c1cccc(C)c1. The van der Waals surface area contributed by atoms with E-state index in [0.29, 0.717) is 17.0 Å². The summed E-state index contributed by atoms with van der Waals surface area (Å²) >= 11 is 0. The van der Waals surface area contributed by atoms with E-state index in [4.69, 9.17) is 9.47 Å². The molecule has 1 atom stereocenters. The van der Waals surface area contributed by atoms with Gasteiger partial charge in [-0.1, -0.05) is 29.8 Å². The van der Waals surface area contributed by atoms with Gasteiger partial charge in [0.1, 0.15) is 5.75 Å². The van der Waals surface area contributed by atoms with Gasteiger partial charge in [-0.25, -0.2) is 4.79 Å². The molecule has 0 bridgehead atoms. The molecule has 1 amide bonds. The first-order valence-electron chi connectivity index (χ1n) is 7.23. The molecule has 0 aliphatic heterocycles. The number of carbonyl (C=O) groups is 2. The maximum absolute atomic E-state index is 12.2. The highest BCUT2D eigenvalue weighted by molar-refractivity contribution is 5.98. The van der Waals surface area contributed by atoms with Crippen LogP contribution in [0.4, 0.5) is 5.69 Å². The molecule has 0 aromatic heterocycles. The molecule has 0 radical (unpaired) electrons. The number of rotatable bonds is 5. The normalized spacial score (nSPS) is 11.4. The molecule has 0 aliphatic rings. The second-order valence-corrected chi connectivity index (χ2v) is 5.11. The predicted molar refractivity (Wildman–Crippen MR) is 87.7 cm³/mol. The van der Waals surface area contributed by atoms with E-state index < -0.39 is 18.0 Å². The molecule has 120 valence electrons. The lowest BCUT2D eigenvalue weighted by Crippen LogP contribution is -2.30. The molecule has 1 N–H and O–H groups in total. The molecule has 2 rings (SSSR count). The second kappa shape index (κ2) is 7.45. The number of para-hydroxylation sites is 2. The molecule has 0 aliphatic carbocycles. The third kappa shape index (κ3) is 4.32. The highest BCUT2D eigenvalue weighted by Crippen LogP contribution is 2.23. The second-order valence-electron chi connectivity index (χ2n) is 5.11. The van der Waals surface area contributed by atoms with Crippen LogP contribution in [0.3, 0.4) is 0 Å². The minimum absolute atomic E-state index is 0.418. The summed E-state index contributed by atoms with van der Waals surface area (Å²) in [7, 11) is 1.52. The summed E-state index contributed by atoms with van der Waals surface area (Å²) in [6, 6.07) is 14.1. The van der Waals surface area contributed by atoms with Gasteiger partial charge in [-0.2, -0.15) is 0 Å².